The fraction of sp³-hybridized carbons (Fsp3) is 0.0952. The molecule has 0 fully saturated rings. The van der Waals surface area contributed by atoms with E-state index < -0.39 is 5.97 Å². The van der Waals surface area contributed by atoms with E-state index in [0.29, 0.717) is 20.5 Å². The highest BCUT2D eigenvalue weighted by molar-refractivity contribution is 7.18. The summed E-state index contributed by atoms with van der Waals surface area (Å²) in [6.45, 7) is 1.00. The number of esters is 2. The zero-order valence-electron chi connectivity index (χ0n) is 14.8. The van der Waals surface area contributed by atoms with Crippen molar-refractivity contribution in [2.24, 2.45) is 0 Å². The van der Waals surface area contributed by atoms with Crippen molar-refractivity contribution in [3.05, 3.63) is 75.4 Å². The standard InChI is InChI=1S/C21H15ClO5S/c1-13(23)27-17-8-6-15(7-9-17)14-2-4-16(5-3-14)21(25)26-12-18(24)19-10-11-20(22)28-19/h2-11H,12H2,1H3. The molecular weight excluding hydrogens is 400 g/mol. The Balaban J connectivity index is 1.61. The summed E-state index contributed by atoms with van der Waals surface area (Å²) in [4.78, 5) is 35.5. The van der Waals surface area contributed by atoms with E-state index >= 15 is 0 Å². The summed E-state index contributed by atoms with van der Waals surface area (Å²) in [5.74, 6) is -0.785. The van der Waals surface area contributed by atoms with Crippen molar-refractivity contribution in [1.29, 1.82) is 0 Å². The van der Waals surface area contributed by atoms with E-state index in [1.165, 1.54) is 6.92 Å². The molecule has 28 heavy (non-hydrogen) atoms. The van der Waals surface area contributed by atoms with Gasteiger partial charge in [-0.15, -0.1) is 11.3 Å². The molecule has 0 spiro atoms. The number of rotatable bonds is 6. The molecular formula is C21H15ClO5S. The van der Waals surface area contributed by atoms with Crippen molar-refractivity contribution < 1.29 is 23.9 Å². The summed E-state index contributed by atoms with van der Waals surface area (Å²) in [6, 6.07) is 17.1. The van der Waals surface area contributed by atoms with E-state index in [-0.39, 0.29) is 18.4 Å². The average Bonchev–Trinajstić information content (AvgIpc) is 3.12. The summed E-state index contributed by atoms with van der Waals surface area (Å²) in [5.41, 5.74) is 2.13. The topological polar surface area (TPSA) is 69.7 Å². The summed E-state index contributed by atoms with van der Waals surface area (Å²) < 4.78 is 10.6. The maximum absolute atomic E-state index is 12.1. The summed E-state index contributed by atoms with van der Waals surface area (Å²) in [5, 5.41) is 0. The second kappa shape index (κ2) is 8.82. The number of carbonyl (C=O) groups excluding carboxylic acids is 3. The third-order valence-corrected chi connectivity index (χ3v) is 5.02. The van der Waals surface area contributed by atoms with Crippen LogP contribution in [0.15, 0.2) is 60.7 Å². The number of thiophene rings is 1. The Morgan fingerprint density at radius 3 is 2.04 bits per heavy atom. The number of halogens is 1. The molecule has 7 heteroatoms. The number of carbonyl (C=O) groups is 3. The van der Waals surface area contributed by atoms with Crippen molar-refractivity contribution in [2.75, 3.05) is 6.61 Å². The maximum Gasteiger partial charge on any atom is 0.338 e. The monoisotopic (exact) mass is 414 g/mol. The molecule has 0 saturated heterocycles. The van der Waals surface area contributed by atoms with Gasteiger partial charge in [0.1, 0.15) is 5.75 Å². The largest absolute Gasteiger partial charge is 0.454 e. The third-order valence-electron chi connectivity index (χ3n) is 3.75. The molecule has 5 nitrogen and oxygen atoms in total. The Kier molecular flexibility index (Phi) is 6.23. The van der Waals surface area contributed by atoms with Crippen LogP contribution in [0.2, 0.25) is 4.34 Å². The van der Waals surface area contributed by atoms with Gasteiger partial charge in [0.2, 0.25) is 5.78 Å². The lowest BCUT2D eigenvalue weighted by molar-refractivity contribution is -0.131. The van der Waals surface area contributed by atoms with Crippen molar-refractivity contribution >= 4 is 40.7 Å². The van der Waals surface area contributed by atoms with Crippen LogP contribution in [0.3, 0.4) is 0 Å². The average molecular weight is 415 g/mol. The number of ether oxygens (including phenoxy) is 2. The lowest BCUT2D eigenvalue weighted by atomic mass is 10.0. The molecule has 3 rings (SSSR count). The van der Waals surface area contributed by atoms with Crippen molar-refractivity contribution in [2.45, 2.75) is 6.92 Å². The second-order valence-electron chi connectivity index (χ2n) is 5.80. The summed E-state index contributed by atoms with van der Waals surface area (Å²) >= 11 is 6.94. The first kappa shape index (κ1) is 19.8. The van der Waals surface area contributed by atoms with Crippen LogP contribution in [0.25, 0.3) is 11.1 Å². The van der Waals surface area contributed by atoms with Gasteiger partial charge in [-0.2, -0.15) is 0 Å². The van der Waals surface area contributed by atoms with Gasteiger partial charge in [-0.1, -0.05) is 35.9 Å². The fourth-order valence-electron chi connectivity index (χ4n) is 2.43. The fourth-order valence-corrected chi connectivity index (χ4v) is 3.40. The molecule has 0 atom stereocenters. The Bertz CT molecular complexity index is 1010. The molecule has 0 aliphatic carbocycles. The SMILES string of the molecule is CC(=O)Oc1ccc(-c2ccc(C(=O)OCC(=O)c3ccc(Cl)s3)cc2)cc1. The van der Waals surface area contributed by atoms with Gasteiger partial charge in [-0.05, 0) is 47.5 Å². The van der Waals surface area contributed by atoms with Crippen LogP contribution >= 0.6 is 22.9 Å². The van der Waals surface area contributed by atoms with Crippen LogP contribution in [0, 0.1) is 0 Å². The highest BCUT2D eigenvalue weighted by atomic mass is 35.5. The van der Waals surface area contributed by atoms with Gasteiger partial charge in [-0.25, -0.2) is 4.79 Å². The lowest BCUT2D eigenvalue weighted by Gasteiger charge is -2.06. The number of Topliss-reactive ketones (excluding diaryl/α,β-unsaturated/α-hetero) is 1. The highest BCUT2D eigenvalue weighted by Crippen LogP contribution is 2.24. The Hall–Kier alpha value is -2.96. The minimum atomic E-state index is -0.576. The van der Waals surface area contributed by atoms with Crippen LogP contribution in [0.4, 0.5) is 0 Å². The molecule has 0 saturated carbocycles. The Morgan fingerprint density at radius 2 is 1.50 bits per heavy atom. The number of hydrogen-bond donors (Lipinski definition) is 0. The van der Waals surface area contributed by atoms with Gasteiger partial charge in [0.05, 0.1) is 14.8 Å². The van der Waals surface area contributed by atoms with E-state index in [1.807, 2.05) is 12.1 Å². The smallest absolute Gasteiger partial charge is 0.338 e. The zero-order valence-corrected chi connectivity index (χ0v) is 16.4. The Morgan fingerprint density at radius 1 is 0.893 bits per heavy atom. The second-order valence-corrected chi connectivity index (χ2v) is 7.51. The molecule has 0 aliphatic rings. The number of benzene rings is 2. The summed E-state index contributed by atoms with van der Waals surface area (Å²) in [6.07, 6.45) is 0. The predicted molar refractivity (Wildman–Crippen MR) is 107 cm³/mol. The number of ketones is 1. The Labute approximate surface area is 170 Å². The quantitative estimate of drug-likeness (QED) is 0.321. The van der Waals surface area contributed by atoms with Gasteiger partial charge in [0, 0.05) is 6.92 Å². The van der Waals surface area contributed by atoms with E-state index in [1.54, 1.807) is 48.5 Å². The minimum absolute atomic E-state index is 0.297. The van der Waals surface area contributed by atoms with Gasteiger partial charge >= 0.3 is 11.9 Å². The zero-order chi connectivity index (χ0) is 20.1. The first-order chi connectivity index (χ1) is 13.4. The molecule has 0 amide bonds. The van der Waals surface area contributed by atoms with E-state index in [9.17, 15) is 14.4 Å². The normalized spacial score (nSPS) is 10.4. The van der Waals surface area contributed by atoms with Crippen molar-refractivity contribution in [3.8, 4) is 16.9 Å². The lowest BCUT2D eigenvalue weighted by Crippen LogP contribution is -2.13. The van der Waals surface area contributed by atoms with Crippen LogP contribution in [0.5, 0.6) is 5.75 Å². The first-order valence-corrected chi connectivity index (χ1v) is 9.46. The third kappa shape index (κ3) is 5.06. The van der Waals surface area contributed by atoms with E-state index in [4.69, 9.17) is 21.1 Å². The first-order valence-electron chi connectivity index (χ1n) is 8.27. The van der Waals surface area contributed by atoms with Gasteiger partial charge in [0.25, 0.3) is 0 Å². The van der Waals surface area contributed by atoms with Crippen LogP contribution in [-0.2, 0) is 9.53 Å². The minimum Gasteiger partial charge on any atom is -0.454 e. The molecule has 0 bridgehead atoms. The molecule has 2 aromatic carbocycles. The number of hydrogen-bond acceptors (Lipinski definition) is 6. The predicted octanol–water partition coefficient (Wildman–Crippen LogP) is 5.03. The van der Waals surface area contributed by atoms with Gasteiger partial charge < -0.3 is 9.47 Å². The van der Waals surface area contributed by atoms with Crippen molar-refractivity contribution in [1.82, 2.24) is 0 Å². The van der Waals surface area contributed by atoms with Gasteiger partial charge in [0.15, 0.2) is 6.61 Å². The molecule has 0 unspecified atom stereocenters. The molecule has 142 valence electrons. The molecule has 1 heterocycles. The summed E-state index contributed by atoms with van der Waals surface area (Å²) in [7, 11) is 0. The van der Waals surface area contributed by atoms with Crippen LogP contribution in [-0.4, -0.2) is 24.3 Å². The van der Waals surface area contributed by atoms with Crippen LogP contribution in [0.1, 0.15) is 27.0 Å². The maximum atomic E-state index is 12.1. The molecule has 3 aromatic rings. The van der Waals surface area contributed by atoms with Gasteiger partial charge in [-0.3, -0.25) is 9.59 Å². The van der Waals surface area contributed by atoms with E-state index in [0.717, 1.165) is 22.5 Å². The molecule has 0 N–H and O–H groups in total. The molecule has 1 aromatic heterocycles. The van der Waals surface area contributed by atoms with Crippen LogP contribution < -0.4 is 4.74 Å². The highest BCUT2D eigenvalue weighted by Gasteiger charge is 2.13. The molecule has 0 aliphatic heterocycles. The molecule has 0 radical (unpaired) electrons. The van der Waals surface area contributed by atoms with E-state index in [2.05, 4.69) is 0 Å². The van der Waals surface area contributed by atoms with Crippen molar-refractivity contribution in [3.63, 3.8) is 0 Å².